The van der Waals surface area contributed by atoms with Gasteiger partial charge in [-0.2, -0.15) is 0 Å². The van der Waals surface area contributed by atoms with Crippen molar-refractivity contribution in [2.45, 2.75) is 64.3 Å². The molecule has 0 radical (unpaired) electrons. The van der Waals surface area contributed by atoms with E-state index in [1.54, 1.807) is 0 Å². The van der Waals surface area contributed by atoms with Gasteiger partial charge in [0, 0.05) is 32.1 Å². The second-order valence-electron chi connectivity index (χ2n) is 6.39. The van der Waals surface area contributed by atoms with Crippen molar-refractivity contribution < 1.29 is 14.7 Å². The number of amides is 2. The van der Waals surface area contributed by atoms with Crippen LogP contribution in [0.1, 0.15) is 58.3 Å². The highest BCUT2D eigenvalue weighted by molar-refractivity contribution is 5.75. The highest BCUT2D eigenvalue weighted by Gasteiger charge is 2.31. The van der Waals surface area contributed by atoms with Crippen molar-refractivity contribution in [1.82, 2.24) is 9.80 Å². The van der Waals surface area contributed by atoms with Gasteiger partial charge in [-0.05, 0) is 44.9 Å². The Hall–Kier alpha value is -1.26. The summed E-state index contributed by atoms with van der Waals surface area (Å²) in [5.41, 5.74) is 0. The normalized spacial score (nSPS) is 23.3. The van der Waals surface area contributed by atoms with Crippen molar-refractivity contribution in [3.63, 3.8) is 0 Å². The molecule has 1 N–H and O–H groups in total. The Labute approximate surface area is 127 Å². The molecule has 0 aromatic carbocycles. The van der Waals surface area contributed by atoms with Gasteiger partial charge in [0.1, 0.15) is 0 Å². The first kappa shape index (κ1) is 16.1. The Morgan fingerprint density at radius 3 is 2.52 bits per heavy atom. The molecule has 120 valence electrons. The molecule has 1 unspecified atom stereocenters. The van der Waals surface area contributed by atoms with Crippen LogP contribution in [-0.2, 0) is 4.79 Å². The number of urea groups is 1. The average Bonchev–Trinajstić information content (AvgIpc) is 3.00. The summed E-state index contributed by atoms with van der Waals surface area (Å²) < 4.78 is 0. The van der Waals surface area contributed by atoms with Gasteiger partial charge in [0.2, 0.25) is 0 Å². The van der Waals surface area contributed by atoms with Crippen molar-refractivity contribution in [1.29, 1.82) is 0 Å². The zero-order valence-electron chi connectivity index (χ0n) is 13.1. The number of carboxylic acid groups (broad SMARTS) is 1. The summed E-state index contributed by atoms with van der Waals surface area (Å²) in [5, 5.41) is 8.80. The molecule has 2 aliphatic rings. The summed E-state index contributed by atoms with van der Waals surface area (Å²) in [7, 11) is 0. The van der Waals surface area contributed by atoms with E-state index in [1.807, 2.05) is 9.80 Å². The third kappa shape index (κ3) is 4.35. The lowest BCUT2D eigenvalue weighted by atomic mass is 9.93. The van der Waals surface area contributed by atoms with Crippen LogP contribution in [-0.4, -0.2) is 52.6 Å². The van der Waals surface area contributed by atoms with Crippen molar-refractivity contribution in [2.75, 3.05) is 19.6 Å². The molecule has 1 heterocycles. The predicted molar refractivity (Wildman–Crippen MR) is 81.2 cm³/mol. The zero-order valence-corrected chi connectivity index (χ0v) is 13.1. The molecule has 1 aliphatic carbocycles. The third-order valence-corrected chi connectivity index (χ3v) is 4.91. The van der Waals surface area contributed by atoms with Crippen molar-refractivity contribution >= 4 is 12.0 Å². The van der Waals surface area contributed by atoms with Gasteiger partial charge >= 0.3 is 12.0 Å². The number of carbonyl (C=O) groups is 2. The second-order valence-corrected chi connectivity index (χ2v) is 6.39. The predicted octanol–water partition coefficient (Wildman–Crippen LogP) is 2.95. The van der Waals surface area contributed by atoms with Gasteiger partial charge < -0.3 is 14.9 Å². The summed E-state index contributed by atoms with van der Waals surface area (Å²) in [6, 6.07) is 0.589. The molecule has 5 nitrogen and oxygen atoms in total. The standard InChI is InChI=1S/C16H28N2O3/c1-2-18(14-7-3-4-8-14)16(21)17-11-5-6-13(12-17)9-10-15(19)20/h13-14H,2-12H2,1H3,(H,19,20). The van der Waals surface area contributed by atoms with E-state index in [4.69, 9.17) is 5.11 Å². The highest BCUT2D eigenvalue weighted by Crippen LogP contribution is 2.26. The first-order valence-corrected chi connectivity index (χ1v) is 8.39. The van der Waals surface area contributed by atoms with Crippen LogP contribution in [0.4, 0.5) is 4.79 Å². The summed E-state index contributed by atoms with van der Waals surface area (Å²) >= 11 is 0. The van der Waals surface area contributed by atoms with E-state index in [0.29, 0.717) is 18.4 Å². The molecule has 1 atom stereocenters. The fourth-order valence-corrected chi connectivity index (χ4v) is 3.75. The molecule has 2 fully saturated rings. The van der Waals surface area contributed by atoms with Gasteiger partial charge in [0.05, 0.1) is 0 Å². The summed E-state index contributed by atoms with van der Waals surface area (Å²) in [5.74, 6) is -0.388. The minimum atomic E-state index is -0.736. The number of hydrogen-bond donors (Lipinski definition) is 1. The van der Waals surface area contributed by atoms with Crippen LogP contribution in [0.25, 0.3) is 0 Å². The lowest BCUT2D eigenvalue weighted by molar-refractivity contribution is -0.137. The lowest BCUT2D eigenvalue weighted by Gasteiger charge is -2.38. The smallest absolute Gasteiger partial charge is 0.320 e. The van der Waals surface area contributed by atoms with Crippen LogP contribution in [0.2, 0.25) is 0 Å². The van der Waals surface area contributed by atoms with Crippen molar-refractivity contribution in [2.24, 2.45) is 5.92 Å². The van der Waals surface area contributed by atoms with Gasteiger partial charge in [-0.15, -0.1) is 0 Å². The molecule has 0 bridgehead atoms. The Kier molecular flexibility index (Phi) is 5.88. The molecule has 0 aromatic rings. The minimum absolute atomic E-state index is 0.171. The van der Waals surface area contributed by atoms with E-state index in [-0.39, 0.29) is 12.5 Å². The molecule has 2 rings (SSSR count). The maximum absolute atomic E-state index is 12.7. The Morgan fingerprint density at radius 1 is 1.19 bits per heavy atom. The molecule has 21 heavy (non-hydrogen) atoms. The first-order chi connectivity index (χ1) is 10.1. The molecular formula is C16H28N2O3. The van der Waals surface area contributed by atoms with E-state index in [2.05, 4.69) is 6.92 Å². The molecular weight excluding hydrogens is 268 g/mol. The quantitative estimate of drug-likeness (QED) is 0.848. The van der Waals surface area contributed by atoms with Gasteiger partial charge in [-0.1, -0.05) is 12.8 Å². The number of carbonyl (C=O) groups excluding carboxylic acids is 1. The van der Waals surface area contributed by atoms with Crippen LogP contribution >= 0.6 is 0 Å². The average molecular weight is 296 g/mol. The molecule has 2 amide bonds. The number of aliphatic carboxylic acids is 1. The third-order valence-electron chi connectivity index (χ3n) is 4.91. The number of hydrogen-bond acceptors (Lipinski definition) is 2. The first-order valence-electron chi connectivity index (χ1n) is 8.39. The van der Waals surface area contributed by atoms with E-state index < -0.39 is 5.97 Å². The van der Waals surface area contributed by atoms with Crippen LogP contribution < -0.4 is 0 Å². The summed E-state index contributed by atoms with van der Waals surface area (Å²) in [6.07, 6.45) is 7.68. The van der Waals surface area contributed by atoms with E-state index in [1.165, 1.54) is 12.8 Å². The molecule has 1 saturated heterocycles. The summed E-state index contributed by atoms with van der Waals surface area (Å²) in [6.45, 7) is 4.39. The Balaban J connectivity index is 1.89. The van der Waals surface area contributed by atoms with Crippen LogP contribution in [0.15, 0.2) is 0 Å². The SMILES string of the molecule is CCN(C(=O)N1CCCC(CCC(=O)O)C1)C1CCCC1. The van der Waals surface area contributed by atoms with Gasteiger partial charge in [0.15, 0.2) is 0 Å². The highest BCUT2D eigenvalue weighted by atomic mass is 16.4. The van der Waals surface area contributed by atoms with Gasteiger partial charge in [-0.25, -0.2) is 4.79 Å². The number of likely N-dealkylation sites (tertiary alicyclic amines) is 1. The fraction of sp³-hybridized carbons (Fsp3) is 0.875. The van der Waals surface area contributed by atoms with Crippen molar-refractivity contribution in [3.05, 3.63) is 0 Å². The zero-order chi connectivity index (χ0) is 15.2. The fourth-order valence-electron chi connectivity index (χ4n) is 3.75. The van der Waals surface area contributed by atoms with Crippen LogP contribution in [0.5, 0.6) is 0 Å². The molecule has 0 spiro atoms. The van der Waals surface area contributed by atoms with E-state index in [9.17, 15) is 9.59 Å². The Morgan fingerprint density at radius 2 is 1.90 bits per heavy atom. The number of rotatable bonds is 5. The number of carboxylic acids is 1. The topological polar surface area (TPSA) is 60.9 Å². The van der Waals surface area contributed by atoms with Crippen LogP contribution in [0, 0.1) is 5.92 Å². The summed E-state index contributed by atoms with van der Waals surface area (Å²) in [4.78, 5) is 27.4. The molecule has 0 aromatic heterocycles. The monoisotopic (exact) mass is 296 g/mol. The van der Waals surface area contributed by atoms with E-state index in [0.717, 1.165) is 45.3 Å². The van der Waals surface area contributed by atoms with Crippen LogP contribution in [0.3, 0.4) is 0 Å². The van der Waals surface area contributed by atoms with E-state index >= 15 is 0 Å². The van der Waals surface area contributed by atoms with Crippen molar-refractivity contribution in [3.8, 4) is 0 Å². The second kappa shape index (κ2) is 7.66. The lowest BCUT2D eigenvalue weighted by Crippen LogP contribution is -2.50. The molecule has 5 heteroatoms. The van der Waals surface area contributed by atoms with Gasteiger partial charge in [-0.3, -0.25) is 4.79 Å². The minimum Gasteiger partial charge on any atom is -0.481 e. The number of piperidine rings is 1. The number of nitrogens with zero attached hydrogens (tertiary/aromatic N) is 2. The maximum Gasteiger partial charge on any atom is 0.320 e. The van der Waals surface area contributed by atoms with Gasteiger partial charge in [0.25, 0.3) is 0 Å². The molecule has 1 aliphatic heterocycles. The largest absolute Gasteiger partial charge is 0.481 e. The Bertz CT molecular complexity index is 367. The molecule has 1 saturated carbocycles. The maximum atomic E-state index is 12.7.